The van der Waals surface area contributed by atoms with Gasteiger partial charge in [-0.15, -0.1) is 0 Å². The van der Waals surface area contributed by atoms with Crippen LogP contribution in [0.3, 0.4) is 0 Å². The molecule has 25 heavy (non-hydrogen) atoms. The summed E-state index contributed by atoms with van der Waals surface area (Å²) < 4.78 is 10.5. The van der Waals surface area contributed by atoms with Crippen LogP contribution >= 0.6 is 0 Å². The zero-order chi connectivity index (χ0) is 18.7. The van der Waals surface area contributed by atoms with E-state index in [0.29, 0.717) is 30.5 Å². The monoisotopic (exact) mass is 351 g/mol. The molecule has 5 heteroatoms. The summed E-state index contributed by atoms with van der Waals surface area (Å²) >= 11 is 0. The third-order valence-electron chi connectivity index (χ3n) is 3.93. The first-order chi connectivity index (χ1) is 11.9. The van der Waals surface area contributed by atoms with Crippen molar-refractivity contribution in [2.45, 2.75) is 59.1 Å². The van der Waals surface area contributed by atoms with Crippen LogP contribution in [0.4, 0.5) is 0 Å². The third-order valence-corrected chi connectivity index (χ3v) is 3.93. The predicted octanol–water partition coefficient (Wildman–Crippen LogP) is 3.41. The Hall–Kier alpha value is -1.59. The summed E-state index contributed by atoms with van der Waals surface area (Å²) in [6.45, 7) is 9.45. The van der Waals surface area contributed by atoms with Crippen LogP contribution in [0.2, 0.25) is 0 Å². The highest BCUT2D eigenvalue weighted by Crippen LogP contribution is 2.13. The number of aliphatic hydroxyl groups is 1. The van der Waals surface area contributed by atoms with Gasteiger partial charge < -0.3 is 19.9 Å². The molecule has 0 aliphatic rings. The van der Waals surface area contributed by atoms with Crippen molar-refractivity contribution in [1.82, 2.24) is 5.32 Å². The number of hydrogen-bond acceptors (Lipinski definition) is 5. The summed E-state index contributed by atoms with van der Waals surface area (Å²) in [4.78, 5) is 11.6. The third kappa shape index (κ3) is 9.46. The summed E-state index contributed by atoms with van der Waals surface area (Å²) in [5.41, 5.74) is 0.492. The van der Waals surface area contributed by atoms with Gasteiger partial charge in [0, 0.05) is 12.6 Å². The van der Waals surface area contributed by atoms with Gasteiger partial charge >= 0.3 is 5.97 Å². The molecule has 5 nitrogen and oxygen atoms in total. The quantitative estimate of drug-likeness (QED) is 0.565. The Balaban J connectivity index is 2.25. The SMILES string of the molecule is CCOC(=O)c1ccc(OC[C@H](O)CN[C@H](C)CCCC(C)C)cc1. The van der Waals surface area contributed by atoms with Crippen LogP contribution < -0.4 is 10.1 Å². The maximum absolute atomic E-state index is 11.6. The van der Waals surface area contributed by atoms with E-state index in [2.05, 4.69) is 26.1 Å². The number of nitrogens with one attached hydrogen (secondary N) is 1. The molecule has 0 amide bonds. The molecule has 0 fully saturated rings. The number of rotatable bonds is 12. The van der Waals surface area contributed by atoms with Crippen molar-refractivity contribution in [1.29, 1.82) is 0 Å². The number of hydrogen-bond donors (Lipinski definition) is 2. The fourth-order valence-corrected chi connectivity index (χ4v) is 2.42. The van der Waals surface area contributed by atoms with Crippen LogP contribution in [0.5, 0.6) is 5.75 Å². The van der Waals surface area contributed by atoms with Crippen molar-refractivity contribution in [2.75, 3.05) is 19.8 Å². The van der Waals surface area contributed by atoms with Crippen molar-refractivity contribution >= 4 is 5.97 Å². The Kier molecular flexibility index (Phi) is 10.2. The zero-order valence-electron chi connectivity index (χ0n) is 16.0. The van der Waals surface area contributed by atoms with Gasteiger partial charge in [0.25, 0.3) is 0 Å². The molecule has 0 saturated carbocycles. The van der Waals surface area contributed by atoms with Crippen molar-refractivity contribution in [2.24, 2.45) is 5.92 Å². The molecule has 0 aliphatic carbocycles. The lowest BCUT2D eigenvalue weighted by Crippen LogP contribution is -2.36. The van der Waals surface area contributed by atoms with Gasteiger partial charge in [-0.2, -0.15) is 0 Å². The molecule has 1 rings (SSSR count). The predicted molar refractivity (Wildman–Crippen MR) is 100 cm³/mol. The first-order valence-corrected chi connectivity index (χ1v) is 9.23. The average molecular weight is 351 g/mol. The molecule has 0 heterocycles. The van der Waals surface area contributed by atoms with Crippen LogP contribution in [0, 0.1) is 5.92 Å². The average Bonchev–Trinajstić information content (AvgIpc) is 2.58. The molecular formula is C20H33NO4. The Morgan fingerprint density at radius 2 is 1.84 bits per heavy atom. The molecule has 0 aromatic heterocycles. The van der Waals surface area contributed by atoms with Crippen molar-refractivity contribution in [3.8, 4) is 5.75 Å². The lowest BCUT2D eigenvalue weighted by atomic mass is 10.0. The van der Waals surface area contributed by atoms with Gasteiger partial charge in [0.05, 0.1) is 12.2 Å². The first kappa shape index (κ1) is 21.5. The molecule has 2 atom stereocenters. The summed E-state index contributed by atoms with van der Waals surface area (Å²) in [5, 5.41) is 13.4. The second kappa shape index (κ2) is 11.9. The zero-order valence-corrected chi connectivity index (χ0v) is 16.0. The smallest absolute Gasteiger partial charge is 0.338 e. The molecule has 0 radical (unpaired) electrons. The van der Waals surface area contributed by atoms with Crippen LogP contribution in [-0.2, 0) is 4.74 Å². The topological polar surface area (TPSA) is 67.8 Å². The van der Waals surface area contributed by atoms with Gasteiger partial charge in [-0.25, -0.2) is 4.79 Å². The molecule has 0 unspecified atom stereocenters. The first-order valence-electron chi connectivity index (χ1n) is 9.23. The highest BCUT2D eigenvalue weighted by molar-refractivity contribution is 5.89. The molecule has 0 saturated heterocycles. The Morgan fingerprint density at radius 3 is 2.44 bits per heavy atom. The van der Waals surface area contributed by atoms with Crippen molar-refractivity contribution in [3.63, 3.8) is 0 Å². The van der Waals surface area contributed by atoms with Crippen molar-refractivity contribution < 1.29 is 19.4 Å². The second-order valence-corrected chi connectivity index (χ2v) is 6.84. The van der Waals surface area contributed by atoms with Gasteiger partial charge in [0.2, 0.25) is 0 Å². The summed E-state index contributed by atoms with van der Waals surface area (Å²) in [6.07, 6.45) is 2.98. The Bertz CT molecular complexity index is 487. The fraction of sp³-hybridized carbons (Fsp3) is 0.650. The van der Waals surface area contributed by atoms with Crippen molar-refractivity contribution in [3.05, 3.63) is 29.8 Å². The van der Waals surface area contributed by atoms with Gasteiger partial charge in [-0.3, -0.25) is 0 Å². The van der Waals surface area contributed by atoms with Gasteiger partial charge in [-0.1, -0.05) is 26.7 Å². The van der Waals surface area contributed by atoms with Crippen LogP contribution in [0.25, 0.3) is 0 Å². The van der Waals surface area contributed by atoms with E-state index >= 15 is 0 Å². The number of ether oxygens (including phenoxy) is 2. The van der Waals surface area contributed by atoms with Gasteiger partial charge in [0.15, 0.2) is 0 Å². The van der Waals surface area contributed by atoms with Gasteiger partial charge in [0.1, 0.15) is 18.5 Å². The highest BCUT2D eigenvalue weighted by Gasteiger charge is 2.10. The molecule has 1 aromatic rings. The molecule has 0 spiro atoms. The molecular weight excluding hydrogens is 318 g/mol. The number of carbonyl (C=O) groups excluding carboxylic acids is 1. The van der Waals surface area contributed by atoms with E-state index in [1.807, 2.05) is 0 Å². The highest BCUT2D eigenvalue weighted by atomic mass is 16.5. The summed E-state index contributed by atoms with van der Waals surface area (Å²) in [7, 11) is 0. The minimum atomic E-state index is -0.572. The lowest BCUT2D eigenvalue weighted by molar-refractivity contribution is 0.0526. The van der Waals surface area contributed by atoms with E-state index in [-0.39, 0.29) is 12.6 Å². The van der Waals surface area contributed by atoms with E-state index in [1.165, 1.54) is 12.8 Å². The summed E-state index contributed by atoms with van der Waals surface area (Å²) in [6, 6.07) is 7.13. The van der Waals surface area contributed by atoms with E-state index in [0.717, 1.165) is 12.3 Å². The maximum Gasteiger partial charge on any atom is 0.338 e. The largest absolute Gasteiger partial charge is 0.491 e. The minimum absolute atomic E-state index is 0.213. The Morgan fingerprint density at radius 1 is 1.16 bits per heavy atom. The molecule has 142 valence electrons. The molecule has 0 aliphatic heterocycles. The number of carbonyl (C=O) groups is 1. The maximum atomic E-state index is 11.6. The number of esters is 1. The van der Waals surface area contributed by atoms with Crippen LogP contribution in [-0.4, -0.2) is 43.0 Å². The Labute approximate surface area is 151 Å². The van der Waals surface area contributed by atoms with E-state index in [9.17, 15) is 9.90 Å². The summed E-state index contributed by atoms with van der Waals surface area (Å²) in [5.74, 6) is 1.02. The van der Waals surface area contributed by atoms with E-state index < -0.39 is 6.10 Å². The molecule has 1 aromatic carbocycles. The molecule has 2 N–H and O–H groups in total. The van der Waals surface area contributed by atoms with Crippen LogP contribution in [0.15, 0.2) is 24.3 Å². The fourth-order valence-electron chi connectivity index (χ4n) is 2.42. The lowest BCUT2D eigenvalue weighted by Gasteiger charge is -2.18. The number of benzene rings is 1. The van der Waals surface area contributed by atoms with Crippen LogP contribution in [0.1, 0.15) is 57.3 Å². The normalized spacial score (nSPS) is 13.5. The second-order valence-electron chi connectivity index (χ2n) is 6.84. The van der Waals surface area contributed by atoms with Gasteiger partial charge in [-0.05, 0) is 50.5 Å². The number of aliphatic hydroxyl groups excluding tert-OH is 1. The standard InChI is InChI=1S/C20H33NO4/c1-5-24-20(23)17-9-11-19(12-10-17)25-14-18(22)13-21-16(4)8-6-7-15(2)3/h9-12,15-16,18,21-22H,5-8,13-14H2,1-4H3/t16-,18-/m1/s1. The minimum Gasteiger partial charge on any atom is -0.491 e. The van der Waals surface area contributed by atoms with E-state index in [4.69, 9.17) is 9.47 Å². The van der Waals surface area contributed by atoms with E-state index in [1.54, 1.807) is 31.2 Å². The molecule has 0 bridgehead atoms.